The summed E-state index contributed by atoms with van der Waals surface area (Å²) in [5, 5.41) is 10.7. The molecule has 0 heterocycles. The lowest BCUT2D eigenvalue weighted by atomic mass is 9.98. The van der Waals surface area contributed by atoms with E-state index >= 15 is 0 Å². The van der Waals surface area contributed by atoms with E-state index in [1.54, 1.807) is 24.3 Å². The molecule has 0 atom stereocenters. The Labute approximate surface area is 104 Å². The van der Waals surface area contributed by atoms with Gasteiger partial charge in [-0.2, -0.15) is 0 Å². The smallest absolute Gasteiger partial charge is 0.269 e. The number of nitrogen functional groups attached to an aromatic ring is 2. The molecule has 0 aliphatic heterocycles. The first-order chi connectivity index (χ1) is 8.49. The molecule has 0 unspecified atom stereocenters. The van der Waals surface area contributed by atoms with E-state index in [0.717, 1.165) is 16.7 Å². The maximum Gasteiger partial charge on any atom is 0.269 e. The highest BCUT2D eigenvalue weighted by molar-refractivity contribution is 5.81. The summed E-state index contributed by atoms with van der Waals surface area (Å²) in [6, 6.07) is 9.90. The highest BCUT2D eigenvalue weighted by Gasteiger charge is 2.11. The topological polar surface area (TPSA) is 95.2 Å². The van der Waals surface area contributed by atoms with Gasteiger partial charge in [0.15, 0.2) is 0 Å². The van der Waals surface area contributed by atoms with Gasteiger partial charge in [0.25, 0.3) is 5.69 Å². The molecule has 2 aromatic rings. The molecule has 0 aliphatic carbocycles. The molecule has 18 heavy (non-hydrogen) atoms. The first-order valence-corrected chi connectivity index (χ1v) is 5.39. The number of nitro groups is 1. The van der Waals surface area contributed by atoms with Crippen molar-refractivity contribution in [1.29, 1.82) is 0 Å². The van der Waals surface area contributed by atoms with Crippen molar-refractivity contribution < 1.29 is 4.92 Å². The molecule has 2 rings (SSSR count). The number of nitrogens with two attached hydrogens (primary N) is 2. The predicted molar refractivity (Wildman–Crippen MR) is 72.1 cm³/mol. The lowest BCUT2D eigenvalue weighted by molar-refractivity contribution is -0.384. The third kappa shape index (κ3) is 2.10. The Bertz CT molecular complexity index is 624. The Balaban J connectivity index is 2.58. The second kappa shape index (κ2) is 4.37. The van der Waals surface area contributed by atoms with Gasteiger partial charge >= 0.3 is 0 Å². The van der Waals surface area contributed by atoms with Gasteiger partial charge in [-0.1, -0.05) is 0 Å². The van der Waals surface area contributed by atoms with Crippen LogP contribution in [0, 0.1) is 17.0 Å². The maximum atomic E-state index is 10.7. The minimum absolute atomic E-state index is 0.0683. The van der Waals surface area contributed by atoms with Gasteiger partial charge in [-0.05, 0) is 42.3 Å². The number of rotatable bonds is 2. The Morgan fingerprint density at radius 1 is 1.06 bits per heavy atom. The molecule has 92 valence electrons. The van der Waals surface area contributed by atoms with Crippen molar-refractivity contribution >= 4 is 17.1 Å². The van der Waals surface area contributed by atoms with Crippen LogP contribution in [0.4, 0.5) is 17.1 Å². The summed E-state index contributed by atoms with van der Waals surface area (Å²) in [6.07, 6.45) is 0. The quantitative estimate of drug-likeness (QED) is 0.481. The van der Waals surface area contributed by atoms with E-state index in [4.69, 9.17) is 11.5 Å². The van der Waals surface area contributed by atoms with Crippen molar-refractivity contribution in [3.05, 3.63) is 52.1 Å². The molecular weight excluding hydrogens is 230 g/mol. The molecule has 0 aromatic heterocycles. The third-order valence-electron chi connectivity index (χ3n) is 2.79. The van der Waals surface area contributed by atoms with Gasteiger partial charge in [0.1, 0.15) is 0 Å². The van der Waals surface area contributed by atoms with Crippen molar-refractivity contribution in [3.8, 4) is 11.1 Å². The summed E-state index contributed by atoms with van der Waals surface area (Å²) < 4.78 is 0. The molecule has 2 aromatic carbocycles. The molecule has 5 heteroatoms. The van der Waals surface area contributed by atoms with Gasteiger partial charge in [0.05, 0.1) is 4.92 Å². The number of benzene rings is 2. The summed E-state index contributed by atoms with van der Waals surface area (Å²) in [6.45, 7) is 1.81. The highest BCUT2D eigenvalue weighted by Crippen LogP contribution is 2.32. The minimum atomic E-state index is -0.417. The molecule has 0 saturated heterocycles. The van der Waals surface area contributed by atoms with Crippen LogP contribution in [-0.2, 0) is 0 Å². The highest BCUT2D eigenvalue weighted by atomic mass is 16.6. The summed E-state index contributed by atoms with van der Waals surface area (Å²) >= 11 is 0. The van der Waals surface area contributed by atoms with E-state index in [9.17, 15) is 10.1 Å². The fourth-order valence-corrected chi connectivity index (χ4v) is 1.87. The Kier molecular flexibility index (Phi) is 2.89. The van der Waals surface area contributed by atoms with Crippen molar-refractivity contribution in [2.75, 3.05) is 11.5 Å². The van der Waals surface area contributed by atoms with Crippen LogP contribution >= 0.6 is 0 Å². The van der Waals surface area contributed by atoms with Crippen molar-refractivity contribution in [2.45, 2.75) is 6.92 Å². The number of nitrogens with zero attached hydrogens (tertiary/aromatic N) is 1. The average Bonchev–Trinajstić information content (AvgIpc) is 2.32. The second-order valence-electron chi connectivity index (χ2n) is 4.10. The number of anilines is 2. The van der Waals surface area contributed by atoms with Crippen LogP contribution in [0.2, 0.25) is 0 Å². The van der Waals surface area contributed by atoms with E-state index < -0.39 is 4.92 Å². The largest absolute Gasteiger partial charge is 0.399 e. The molecular formula is C13H13N3O2. The van der Waals surface area contributed by atoms with Crippen LogP contribution in [0.15, 0.2) is 36.4 Å². The van der Waals surface area contributed by atoms with Gasteiger partial charge in [0.2, 0.25) is 0 Å². The van der Waals surface area contributed by atoms with Crippen molar-refractivity contribution in [1.82, 2.24) is 0 Å². The van der Waals surface area contributed by atoms with Gasteiger partial charge in [0, 0.05) is 29.1 Å². The van der Waals surface area contributed by atoms with E-state index in [0.29, 0.717) is 11.4 Å². The molecule has 0 saturated carbocycles. The molecule has 0 aliphatic rings. The molecule has 0 spiro atoms. The fraction of sp³-hybridized carbons (Fsp3) is 0.0769. The first kappa shape index (κ1) is 11.9. The van der Waals surface area contributed by atoms with Crippen LogP contribution in [0.1, 0.15) is 5.56 Å². The monoisotopic (exact) mass is 243 g/mol. The fourth-order valence-electron chi connectivity index (χ4n) is 1.87. The second-order valence-corrected chi connectivity index (χ2v) is 4.10. The van der Waals surface area contributed by atoms with Crippen molar-refractivity contribution in [3.63, 3.8) is 0 Å². The van der Waals surface area contributed by atoms with Gasteiger partial charge < -0.3 is 11.5 Å². The molecule has 0 bridgehead atoms. The zero-order valence-corrected chi connectivity index (χ0v) is 9.88. The number of nitro benzene ring substituents is 1. The number of hydrogen-bond acceptors (Lipinski definition) is 4. The maximum absolute atomic E-state index is 10.7. The summed E-state index contributed by atoms with van der Waals surface area (Å²) in [4.78, 5) is 10.3. The lowest BCUT2D eigenvalue weighted by Crippen LogP contribution is -1.95. The number of hydrogen-bond donors (Lipinski definition) is 2. The first-order valence-electron chi connectivity index (χ1n) is 5.39. The van der Waals surface area contributed by atoms with Gasteiger partial charge in [-0.15, -0.1) is 0 Å². The molecule has 5 nitrogen and oxygen atoms in total. The normalized spacial score (nSPS) is 10.3. The molecule has 0 fully saturated rings. The van der Waals surface area contributed by atoms with Gasteiger partial charge in [-0.3, -0.25) is 10.1 Å². The molecule has 4 N–H and O–H groups in total. The third-order valence-corrected chi connectivity index (χ3v) is 2.79. The number of non-ortho nitro benzene ring substituents is 1. The Morgan fingerprint density at radius 2 is 1.78 bits per heavy atom. The van der Waals surface area contributed by atoms with E-state index in [1.807, 2.05) is 6.92 Å². The lowest BCUT2D eigenvalue weighted by Gasteiger charge is -2.09. The molecule has 0 amide bonds. The zero-order valence-electron chi connectivity index (χ0n) is 9.88. The van der Waals surface area contributed by atoms with E-state index in [1.165, 1.54) is 12.1 Å². The summed E-state index contributed by atoms with van der Waals surface area (Å²) in [5.74, 6) is 0. The zero-order chi connectivity index (χ0) is 13.3. The minimum Gasteiger partial charge on any atom is -0.399 e. The van der Waals surface area contributed by atoms with Crippen LogP contribution in [0.3, 0.4) is 0 Å². The van der Waals surface area contributed by atoms with E-state index in [2.05, 4.69) is 0 Å². The van der Waals surface area contributed by atoms with Crippen LogP contribution in [0.25, 0.3) is 11.1 Å². The Morgan fingerprint density at radius 3 is 2.39 bits per heavy atom. The van der Waals surface area contributed by atoms with Crippen LogP contribution in [-0.4, -0.2) is 4.92 Å². The summed E-state index contributed by atoms with van der Waals surface area (Å²) in [5.41, 5.74) is 15.3. The van der Waals surface area contributed by atoms with E-state index in [-0.39, 0.29) is 5.69 Å². The van der Waals surface area contributed by atoms with Gasteiger partial charge in [-0.25, -0.2) is 0 Å². The van der Waals surface area contributed by atoms with Crippen LogP contribution < -0.4 is 11.5 Å². The standard InChI is InChI=1S/C13H13N3O2/c1-8-6-10(16(17)18)3-4-11(8)12-7-9(14)2-5-13(12)15/h2-7H,14-15H2,1H3. The summed E-state index contributed by atoms with van der Waals surface area (Å²) in [7, 11) is 0. The predicted octanol–water partition coefficient (Wildman–Crippen LogP) is 2.73. The Hall–Kier alpha value is -2.56. The SMILES string of the molecule is Cc1cc([N+](=O)[O-])ccc1-c1cc(N)ccc1N. The average molecular weight is 243 g/mol. The molecule has 0 radical (unpaired) electrons. The van der Waals surface area contributed by atoms with Crippen LogP contribution in [0.5, 0.6) is 0 Å². The number of aryl methyl sites for hydroxylation is 1. The van der Waals surface area contributed by atoms with Crippen molar-refractivity contribution in [2.24, 2.45) is 0 Å².